The number of carbonyl (C=O) groups excluding carboxylic acids is 1. The number of hydrogen-bond donors (Lipinski definition) is 1. The lowest BCUT2D eigenvalue weighted by Crippen LogP contribution is -2.12. The van der Waals surface area contributed by atoms with Gasteiger partial charge in [-0.1, -0.05) is 11.3 Å². The van der Waals surface area contributed by atoms with Crippen LogP contribution in [0.5, 0.6) is 0 Å². The third-order valence-corrected chi connectivity index (χ3v) is 2.37. The van der Waals surface area contributed by atoms with E-state index in [4.69, 9.17) is 9.47 Å². The van der Waals surface area contributed by atoms with Crippen molar-refractivity contribution in [3.05, 3.63) is 5.01 Å². The Morgan fingerprint density at radius 3 is 3.00 bits per heavy atom. The first-order valence-corrected chi connectivity index (χ1v) is 5.33. The average Bonchev–Trinajstić information content (AvgIpc) is 2.63. The molecule has 1 aromatic rings. The second-order valence-corrected chi connectivity index (χ2v) is 3.65. The maximum atomic E-state index is 11.0. The first-order valence-electron chi connectivity index (χ1n) is 4.51. The van der Waals surface area contributed by atoms with E-state index in [0.29, 0.717) is 24.8 Å². The van der Waals surface area contributed by atoms with Crippen LogP contribution in [-0.2, 0) is 15.9 Å². The van der Waals surface area contributed by atoms with Gasteiger partial charge in [-0.3, -0.25) is 5.32 Å². The summed E-state index contributed by atoms with van der Waals surface area (Å²) in [7, 11) is 1.62. The zero-order valence-corrected chi connectivity index (χ0v) is 9.47. The van der Waals surface area contributed by atoms with E-state index >= 15 is 0 Å². The smallest absolute Gasteiger partial charge is 0.413 e. The first-order chi connectivity index (χ1) is 7.26. The van der Waals surface area contributed by atoms with Crippen molar-refractivity contribution in [1.29, 1.82) is 0 Å². The zero-order valence-electron chi connectivity index (χ0n) is 8.65. The van der Waals surface area contributed by atoms with Gasteiger partial charge in [0.05, 0.1) is 13.2 Å². The quantitative estimate of drug-likeness (QED) is 0.826. The molecule has 1 aromatic heterocycles. The van der Waals surface area contributed by atoms with E-state index in [-0.39, 0.29) is 0 Å². The molecule has 0 aliphatic rings. The Labute approximate surface area is 91.6 Å². The Morgan fingerprint density at radius 2 is 2.33 bits per heavy atom. The van der Waals surface area contributed by atoms with E-state index in [0.717, 1.165) is 5.01 Å². The van der Waals surface area contributed by atoms with Crippen LogP contribution in [0.1, 0.15) is 11.9 Å². The first kappa shape index (κ1) is 11.9. The third kappa shape index (κ3) is 4.22. The Balaban J connectivity index is 2.42. The van der Waals surface area contributed by atoms with Gasteiger partial charge in [0.15, 0.2) is 0 Å². The Bertz CT molecular complexity index is 316. The van der Waals surface area contributed by atoms with E-state index in [1.807, 2.05) is 0 Å². The zero-order chi connectivity index (χ0) is 11.1. The normalized spacial score (nSPS) is 10.0. The number of hydrogen-bond acceptors (Lipinski definition) is 6. The lowest BCUT2D eigenvalue weighted by atomic mass is 10.5. The molecule has 0 atom stereocenters. The summed E-state index contributed by atoms with van der Waals surface area (Å²) >= 11 is 1.31. The highest BCUT2D eigenvalue weighted by Crippen LogP contribution is 2.15. The average molecular weight is 231 g/mol. The number of carbonyl (C=O) groups is 1. The van der Waals surface area contributed by atoms with Crippen molar-refractivity contribution in [2.45, 2.75) is 13.3 Å². The van der Waals surface area contributed by atoms with Crippen molar-refractivity contribution in [1.82, 2.24) is 10.2 Å². The summed E-state index contributed by atoms with van der Waals surface area (Å²) in [5, 5.41) is 11.4. The summed E-state index contributed by atoms with van der Waals surface area (Å²) in [6.45, 7) is 2.67. The predicted molar refractivity (Wildman–Crippen MR) is 56.1 cm³/mol. The molecule has 1 rings (SSSR count). The molecule has 0 aliphatic heterocycles. The standard InChI is InChI=1S/C8H13N3O3S/c1-3-14-8(12)9-7-11-10-6(15-7)4-5-13-2/h3-5H2,1-2H3,(H,9,11,12). The van der Waals surface area contributed by atoms with Crippen molar-refractivity contribution >= 4 is 22.6 Å². The van der Waals surface area contributed by atoms with Gasteiger partial charge in [0, 0.05) is 13.5 Å². The predicted octanol–water partition coefficient (Wildman–Crippen LogP) is 1.30. The van der Waals surface area contributed by atoms with E-state index in [1.165, 1.54) is 11.3 Å². The second kappa shape index (κ2) is 6.31. The van der Waals surface area contributed by atoms with Gasteiger partial charge in [0.1, 0.15) is 5.01 Å². The number of nitrogens with zero attached hydrogens (tertiary/aromatic N) is 2. The van der Waals surface area contributed by atoms with Gasteiger partial charge in [0.25, 0.3) is 0 Å². The van der Waals surface area contributed by atoms with Crippen LogP contribution >= 0.6 is 11.3 Å². The minimum absolute atomic E-state index is 0.334. The summed E-state index contributed by atoms with van der Waals surface area (Å²) in [4.78, 5) is 11.0. The molecule has 0 unspecified atom stereocenters. The molecule has 0 aromatic carbocycles. The maximum absolute atomic E-state index is 11.0. The van der Waals surface area contributed by atoms with E-state index in [1.54, 1.807) is 14.0 Å². The lowest BCUT2D eigenvalue weighted by Gasteiger charge is -1.99. The lowest BCUT2D eigenvalue weighted by molar-refractivity contribution is 0.168. The molecular formula is C8H13N3O3S. The van der Waals surface area contributed by atoms with Gasteiger partial charge < -0.3 is 9.47 Å². The number of methoxy groups -OCH3 is 1. The van der Waals surface area contributed by atoms with Gasteiger partial charge in [-0.15, -0.1) is 10.2 Å². The topological polar surface area (TPSA) is 73.3 Å². The molecule has 15 heavy (non-hydrogen) atoms. The van der Waals surface area contributed by atoms with E-state index < -0.39 is 6.09 Å². The summed E-state index contributed by atoms with van der Waals surface area (Å²) in [6, 6.07) is 0. The van der Waals surface area contributed by atoms with Crippen LogP contribution in [0.2, 0.25) is 0 Å². The minimum Gasteiger partial charge on any atom is -0.450 e. The molecule has 0 spiro atoms. The molecule has 0 fully saturated rings. The highest BCUT2D eigenvalue weighted by Gasteiger charge is 2.07. The number of nitrogens with one attached hydrogen (secondary N) is 1. The van der Waals surface area contributed by atoms with Crippen LogP contribution in [0.4, 0.5) is 9.93 Å². The molecule has 7 heteroatoms. The highest BCUT2D eigenvalue weighted by molar-refractivity contribution is 7.15. The molecule has 0 saturated carbocycles. The molecule has 6 nitrogen and oxygen atoms in total. The van der Waals surface area contributed by atoms with Crippen molar-refractivity contribution in [2.75, 3.05) is 25.6 Å². The van der Waals surface area contributed by atoms with Crippen molar-refractivity contribution in [3.63, 3.8) is 0 Å². The summed E-state index contributed by atoms with van der Waals surface area (Å²) in [6.07, 6.45) is 0.186. The Kier molecular flexibility index (Phi) is 4.99. The molecule has 1 N–H and O–H groups in total. The van der Waals surface area contributed by atoms with Crippen LogP contribution in [0.15, 0.2) is 0 Å². The molecule has 0 bridgehead atoms. The van der Waals surface area contributed by atoms with Crippen molar-refractivity contribution in [2.24, 2.45) is 0 Å². The van der Waals surface area contributed by atoms with Crippen LogP contribution in [0.3, 0.4) is 0 Å². The van der Waals surface area contributed by atoms with Gasteiger partial charge in [-0.25, -0.2) is 4.79 Å². The largest absolute Gasteiger partial charge is 0.450 e. The van der Waals surface area contributed by atoms with Gasteiger partial charge in [-0.05, 0) is 6.92 Å². The molecule has 0 aliphatic carbocycles. The number of amides is 1. The van der Waals surface area contributed by atoms with Crippen LogP contribution < -0.4 is 5.32 Å². The summed E-state index contributed by atoms with van der Waals surface area (Å²) < 4.78 is 9.60. The van der Waals surface area contributed by atoms with Crippen LogP contribution in [0, 0.1) is 0 Å². The molecule has 1 heterocycles. The number of anilines is 1. The fraction of sp³-hybridized carbons (Fsp3) is 0.625. The molecule has 1 amide bonds. The van der Waals surface area contributed by atoms with Gasteiger partial charge in [0.2, 0.25) is 5.13 Å². The SMILES string of the molecule is CCOC(=O)Nc1nnc(CCOC)s1. The Morgan fingerprint density at radius 1 is 1.53 bits per heavy atom. The second-order valence-electron chi connectivity index (χ2n) is 2.59. The van der Waals surface area contributed by atoms with Crippen LogP contribution in [-0.4, -0.2) is 36.6 Å². The Hall–Kier alpha value is -1.21. The number of ether oxygens (including phenoxy) is 2. The monoisotopic (exact) mass is 231 g/mol. The molecule has 0 saturated heterocycles. The fourth-order valence-corrected chi connectivity index (χ4v) is 1.56. The summed E-state index contributed by atoms with van der Waals surface area (Å²) in [5.74, 6) is 0. The van der Waals surface area contributed by atoms with E-state index in [9.17, 15) is 4.79 Å². The highest BCUT2D eigenvalue weighted by atomic mass is 32.1. The maximum Gasteiger partial charge on any atom is 0.413 e. The summed E-state index contributed by atoms with van der Waals surface area (Å²) in [5.41, 5.74) is 0. The fourth-order valence-electron chi connectivity index (χ4n) is 0.849. The molecule has 84 valence electrons. The van der Waals surface area contributed by atoms with Crippen LogP contribution in [0.25, 0.3) is 0 Å². The van der Waals surface area contributed by atoms with E-state index in [2.05, 4.69) is 15.5 Å². The third-order valence-electron chi connectivity index (χ3n) is 1.47. The van der Waals surface area contributed by atoms with Gasteiger partial charge in [-0.2, -0.15) is 0 Å². The van der Waals surface area contributed by atoms with Crippen molar-refractivity contribution < 1.29 is 14.3 Å². The molecule has 0 radical (unpaired) electrons. The number of aromatic nitrogens is 2. The number of rotatable bonds is 5. The molecular weight excluding hydrogens is 218 g/mol. The van der Waals surface area contributed by atoms with Gasteiger partial charge >= 0.3 is 6.09 Å². The van der Waals surface area contributed by atoms with Crippen molar-refractivity contribution in [3.8, 4) is 0 Å². The minimum atomic E-state index is -0.507.